The number of piperidine rings is 1. The number of allylic oxidation sites excluding steroid dienone is 1. The molecule has 2 aromatic rings. The maximum Gasteiger partial charge on any atom is 0.199 e. The molecule has 0 saturated carbocycles. The van der Waals surface area contributed by atoms with Crippen LogP contribution in [-0.4, -0.2) is 29.5 Å². The van der Waals surface area contributed by atoms with Gasteiger partial charge in [-0.05, 0) is 45.4 Å². The molecule has 0 amide bonds. The Morgan fingerprint density at radius 1 is 1.40 bits per heavy atom. The van der Waals surface area contributed by atoms with Crippen molar-refractivity contribution in [3.63, 3.8) is 0 Å². The summed E-state index contributed by atoms with van der Waals surface area (Å²) in [7, 11) is 0. The van der Waals surface area contributed by atoms with Crippen LogP contribution in [-0.2, 0) is 0 Å². The molecule has 1 aromatic heterocycles. The molecule has 3 rings (SSSR count). The van der Waals surface area contributed by atoms with Gasteiger partial charge in [0, 0.05) is 19.0 Å². The fraction of sp³-hybridized carbons (Fsp3) is 0.471. The third-order valence-corrected chi connectivity index (χ3v) is 3.92. The van der Waals surface area contributed by atoms with Gasteiger partial charge in [-0.15, -0.1) is 0 Å². The van der Waals surface area contributed by atoms with Crippen LogP contribution in [0.3, 0.4) is 0 Å². The van der Waals surface area contributed by atoms with Crippen LogP contribution in [0, 0.1) is 0 Å². The van der Waals surface area contributed by atoms with Crippen LogP contribution in [0.5, 0.6) is 0 Å². The third kappa shape index (κ3) is 2.93. The molecular weight excluding hydrogens is 248 g/mol. The number of oxazole rings is 1. The minimum atomic E-state index is 0.432. The van der Waals surface area contributed by atoms with E-state index >= 15 is 0 Å². The molecule has 3 heteroatoms. The van der Waals surface area contributed by atoms with Gasteiger partial charge < -0.3 is 4.42 Å². The summed E-state index contributed by atoms with van der Waals surface area (Å²) < 4.78 is 5.93. The Balaban J connectivity index is 1.74. The van der Waals surface area contributed by atoms with E-state index < -0.39 is 0 Å². The molecule has 20 heavy (non-hydrogen) atoms. The summed E-state index contributed by atoms with van der Waals surface area (Å²) in [5.74, 6) is 1.34. The van der Waals surface area contributed by atoms with E-state index in [2.05, 4.69) is 29.8 Å². The van der Waals surface area contributed by atoms with Crippen LogP contribution in [0.1, 0.15) is 38.5 Å². The lowest BCUT2D eigenvalue weighted by Crippen LogP contribution is -2.34. The van der Waals surface area contributed by atoms with Crippen molar-refractivity contribution in [1.29, 1.82) is 0 Å². The molecule has 0 unspecified atom stereocenters. The summed E-state index contributed by atoms with van der Waals surface area (Å²) in [6.07, 6.45) is 4.70. The molecule has 2 heterocycles. The summed E-state index contributed by atoms with van der Waals surface area (Å²) >= 11 is 0. The standard InChI is InChI=1S/C17H22N2O/c1-13(2)9-11-19-10-5-6-14(12-19)17-18-15-7-3-4-8-16(15)20-17/h3-4,7-9,14H,5-6,10-12H2,1-2H3/t14-/m0/s1. The second kappa shape index (κ2) is 5.80. The Morgan fingerprint density at radius 3 is 3.05 bits per heavy atom. The maximum atomic E-state index is 5.93. The van der Waals surface area contributed by atoms with E-state index in [-0.39, 0.29) is 0 Å². The van der Waals surface area contributed by atoms with Crippen molar-refractivity contribution >= 4 is 11.1 Å². The van der Waals surface area contributed by atoms with E-state index in [1.165, 1.54) is 25.0 Å². The zero-order valence-corrected chi connectivity index (χ0v) is 12.3. The van der Waals surface area contributed by atoms with Gasteiger partial charge in [-0.3, -0.25) is 4.90 Å². The summed E-state index contributed by atoms with van der Waals surface area (Å²) in [5, 5.41) is 0. The van der Waals surface area contributed by atoms with Crippen LogP contribution in [0.15, 0.2) is 40.3 Å². The molecule has 0 N–H and O–H groups in total. The normalized spacial score (nSPS) is 20.2. The second-order valence-corrected chi connectivity index (χ2v) is 5.90. The highest BCUT2D eigenvalue weighted by atomic mass is 16.3. The fourth-order valence-corrected chi connectivity index (χ4v) is 2.80. The number of aromatic nitrogens is 1. The summed E-state index contributed by atoms with van der Waals surface area (Å²) in [6, 6.07) is 8.03. The zero-order chi connectivity index (χ0) is 13.9. The molecular formula is C17H22N2O. The first-order valence-corrected chi connectivity index (χ1v) is 7.43. The SMILES string of the molecule is CC(C)=CCN1CCC[C@H](c2nc3ccccc3o2)C1. The first-order chi connectivity index (χ1) is 9.72. The number of hydrogen-bond acceptors (Lipinski definition) is 3. The van der Waals surface area contributed by atoms with Crippen molar-refractivity contribution in [2.45, 2.75) is 32.6 Å². The first-order valence-electron chi connectivity index (χ1n) is 7.43. The number of fused-ring (bicyclic) bond motifs is 1. The summed E-state index contributed by atoms with van der Waals surface area (Å²) in [6.45, 7) is 7.58. The quantitative estimate of drug-likeness (QED) is 0.790. The molecule has 1 aromatic carbocycles. The van der Waals surface area contributed by atoms with Gasteiger partial charge in [-0.1, -0.05) is 23.8 Å². The summed E-state index contributed by atoms with van der Waals surface area (Å²) in [4.78, 5) is 7.15. The van der Waals surface area contributed by atoms with E-state index in [0.717, 1.165) is 30.1 Å². The molecule has 0 spiro atoms. The van der Waals surface area contributed by atoms with Gasteiger partial charge in [-0.2, -0.15) is 0 Å². The van der Waals surface area contributed by atoms with E-state index in [9.17, 15) is 0 Å². The van der Waals surface area contributed by atoms with Crippen molar-refractivity contribution in [2.24, 2.45) is 0 Å². The van der Waals surface area contributed by atoms with Crippen molar-refractivity contribution < 1.29 is 4.42 Å². The molecule has 106 valence electrons. The number of benzene rings is 1. The van der Waals surface area contributed by atoms with E-state index in [0.29, 0.717) is 5.92 Å². The van der Waals surface area contributed by atoms with Gasteiger partial charge in [0.15, 0.2) is 11.5 Å². The van der Waals surface area contributed by atoms with Gasteiger partial charge in [0.1, 0.15) is 5.52 Å². The minimum absolute atomic E-state index is 0.432. The van der Waals surface area contributed by atoms with E-state index in [1.54, 1.807) is 0 Å². The lowest BCUT2D eigenvalue weighted by molar-refractivity contribution is 0.212. The number of nitrogens with zero attached hydrogens (tertiary/aromatic N) is 2. The number of likely N-dealkylation sites (tertiary alicyclic amines) is 1. The predicted molar refractivity (Wildman–Crippen MR) is 81.9 cm³/mol. The molecule has 1 atom stereocenters. The molecule has 3 nitrogen and oxygen atoms in total. The number of rotatable bonds is 3. The number of para-hydroxylation sites is 2. The highest BCUT2D eigenvalue weighted by molar-refractivity contribution is 5.72. The molecule has 1 fully saturated rings. The van der Waals surface area contributed by atoms with Gasteiger partial charge in [0.25, 0.3) is 0 Å². The van der Waals surface area contributed by atoms with E-state index in [1.807, 2.05) is 24.3 Å². The maximum absolute atomic E-state index is 5.93. The Hall–Kier alpha value is -1.61. The third-order valence-electron chi connectivity index (χ3n) is 3.92. The largest absolute Gasteiger partial charge is 0.440 e. The van der Waals surface area contributed by atoms with Crippen molar-refractivity contribution in [3.05, 3.63) is 41.8 Å². The fourth-order valence-electron chi connectivity index (χ4n) is 2.80. The van der Waals surface area contributed by atoms with Crippen LogP contribution in [0.25, 0.3) is 11.1 Å². The van der Waals surface area contributed by atoms with Crippen LogP contribution >= 0.6 is 0 Å². The lowest BCUT2D eigenvalue weighted by atomic mass is 9.98. The molecule has 0 radical (unpaired) electrons. The molecule has 1 saturated heterocycles. The first kappa shape index (κ1) is 13.4. The second-order valence-electron chi connectivity index (χ2n) is 5.90. The van der Waals surface area contributed by atoms with Gasteiger partial charge in [0.2, 0.25) is 0 Å². The number of hydrogen-bond donors (Lipinski definition) is 0. The zero-order valence-electron chi connectivity index (χ0n) is 12.3. The predicted octanol–water partition coefficient (Wildman–Crippen LogP) is 3.97. The lowest BCUT2D eigenvalue weighted by Gasteiger charge is -2.30. The van der Waals surface area contributed by atoms with Crippen LogP contribution in [0.4, 0.5) is 0 Å². The Labute approximate surface area is 120 Å². The molecule has 1 aliphatic rings. The Morgan fingerprint density at radius 2 is 2.25 bits per heavy atom. The molecule has 1 aliphatic heterocycles. The van der Waals surface area contributed by atoms with Gasteiger partial charge >= 0.3 is 0 Å². The van der Waals surface area contributed by atoms with Gasteiger partial charge in [0.05, 0.1) is 0 Å². The van der Waals surface area contributed by atoms with Crippen molar-refractivity contribution in [2.75, 3.05) is 19.6 Å². The molecule has 0 aliphatic carbocycles. The average Bonchev–Trinajstić information content (AvgIpc) is 2.89. The van der Waals surface area contributed by atoms with Crippen LogP contribution in [0.2, 0.25) is 0 Å². The van der Waals surface area contributed by atoms with Crippen molar-refractivity contribution in [1.82, 2.24) is 9.88 Å². The summed E-state index contributed by atoms with van der Waals surface area (Å²) in [5.41, 5.74) is 3.27. The highest BCUT2D eigenvalue weighted by Crippen LogP contribution is 2.28. The van der Waals surface area contributed by atoms with Crippen LogP contribution < -0.4 is 0 Å². The smallest absolute Gasteiger partial charge is 0.199 e. The van der Waals surface area contributed by atoms with Crippen molar-refractivity contribution in [3.8, 4) is 0 Å². The Kier molecular flexibility index (Phi) is 3.88. The topological polar surface area (TPSA) is 29.3 Å². The average molecular weight is 270 g/mol. The van der Waals surface area contributed by atoms with E-state index in [4.69, 9.17) is 4.42 Å². The minimum Gasteiger partial charge on any atom is -0.440 e. The highest BCUT2D eigenvalue weighted by Gasteiger charge is 2.24. The molecule has 0 bridgehead atoms. The Bertz CT molecular complexity index is 577. The monoisotopic (exact) mass is 270 g/mol. The van der Waals surface area contributed by atoms with Gasteiger partial charge in [-0.25, -0.2) is 4.98 Å².